The Morgan fingerprint density at radius 1 is 1.03 bits per heavy atom. The first-order valence-electron chi connectivity index (χ1n) is 9.63. The summed E-state index contributed by atoms with van der Waals surface area (Å²) in [5.74, 6) is -1.00. The van der Waals surface area contributed by atoms with E-state index in [9.17, 15) is 17.6 Å². The molecule has 166 valence electrons. The van der Waals surface area contributed by atoms with Gasteiger partial charge in [0.1, 0.15) is 5.82 Å². The number of carbonyl (C=O) groups excluding carboxylic acids is 1. The normalized spacial score (nSPS) is 11.8. The van der Waals surface area contributed by atoms with Crippen molar-refractivity contribution in [2.75, 3.05) is 6.54 Å². The third-order valence-corrected chi connectivity index (χ3v) is 6.58. The molecule has 32 heavy (non-hydrogen) atoms. The zero-order chi connectivity index (χ0) is 23.1. The largest absolute Gasteiger partial charge is 0.272 e. The summed E-state index contributed by atoms with van der Waals surface area (Å²) in [5, 5.41) is 4.35. The van der Waals surface area contributed by atoms with E-state index in [2.05, 4.69) is 10.5 Å². The number of sulfonamides is 1. The highest BCUT2D eigenvalue weighted by atomic mass is 35.5. The molecule has 0 saturated carbocycles. The van der Waals surface area contributed by atoms with Gasteiger partial charge in [0.05, 0.1) is 17.7 Å². The van der Waals surface area contributed by atoms with E-state index in [0.29, 0.717) is 16.1 Å². The maximum atomic E-state index is 13.2. The Balaban J connectivity index is 1.78. The summed E-state index contributed by atoms with van der Waals surface area (Å²) in [5.41, 5.74) is 4.49. The fourth-order valence-corrected chi connectivity index (χ4v) is 4.31. The summed E-state index contributed by atoms with van der Waals surface area (Å²) < 4.78 is 40.5. The monoisotopic (exact) mass is 473 g/mol. The number of benzene rings is 3. The van der Waals surface area contributed by atoms with Gasteiger partial charge in [0.15, 0.2) is 0 Å². The van der Waals surface area contributed by atoms with Crippen molar-refractivity contribution in [1.29, 1.82) is 0 Å². The number of rotatable bonds is 8. The second-order valence-electron chi connectivity index (χ2n) is 7.06. The van der Waals surface area contributed by atoms with Crippen molar-refractivity contribution in [1.82, 2.24) is 9.73 Å². The van der Waals surface area contributed by atoms with Crippen molar-refractivity contribution in [3.05, 3.63) is 100 Å². The van der Waals surface area contributed by atoms with Crippen LogP contribution in [0.1, 0.15) is 16.7 Å². The van der Waals surface area contributed by atoms with Gasteiger partial charge in [0.2, 0.25) is 10.0 Å². The molecule has 0 heterocycles. The minimum atomic E-state index is -3.96. The third-order valence-electron chi connectivity index (χ3n) is 4.52. The summed E-state index contributed by atoms with van der Waals surface area (Å²) in [7, 11) is -3.96. The highest BCUT2D eigenvalue weighted by Crippen LogP contribution is 2.20. The second kappa shape index (κ2) is 10.5. The SMILES string of the molecule is Cc1ccc(S(=O)(=O)N(CC(=O)N/N=C/c2ccc(F)cc2)Cc2ccc(Cl)cc2)cc1. The van der Waals surface area contributed by atoms with E-state index >= 15 is 0 Å². The lowest BCUT2D eigenvalue weighted by atomic mass is 10.2. The fraction of sp³-hybridized carbons (Fsp3) is 0.130. The molecule has 3 aromatic rings. The lowest BCUT2D eigenvalue weighted by molar-refractivity contribution is -0.121. The van der Waals surface area contributed by atoms with Crippen molar-refractivity contribution in [2.45, 2.75) is 18.4 Å². The Bertz CT molecular complexity index is 1200. The molecule has 0 aliphatic rings. The fourth-order valence-electron chi connectivity index (χ4n) is 2.80. The maximum absolute atomic E-state index is 13.2. The number of carbonyl (C=O) groups is 1. The van der Waals surface area contributed by atoms with E-state index in [4.69, 9.17) is 11.6 Å². The molecular formula is C23H21ClFN3O3S. The van der Waals surface area contributed by atoms with Gasteiger partial charge in [0.25, 0.3) is 5.91 Å². The lowest BCUT2D eigenvalue weighted by Gasteiger charge is -2.21. The van der Waals surface area contributed by atoms with E-state index in [-0.39, 0.29) is 17.3 Å². The van der Waals surface area contributed by atoms with E-state index in [1.165, 1.54) is 42.6 Å². The molecule has 0 aliphatic carbocycles. The van der Waals surface area contributed by atoms with Crippen LogP contribution in [-0.4, -0.2) is 31.4 Å². The van der Waals surface area contributed by atoms with Crippen molar-refractivity contribution in [3.63, 3.8) is 0 Å². The average molecular weight is 474 g/mol. The molecule has 0 atom stereocenters. The summed E-state index contributed by atoms with van der Waals surface area (Å²) in [4.78, 5) is 12.5. The van der Waals surface area contributed by atoms with Gasteiger partial charge in [-0.15, -0.1) is 0 Å². The number of hydrazone groups is 1. The van der Waals surface area contributed by atoms with Crippen LogP contribution < -0.4 is 5.43 Å². The standard InChI is InChI=1S/C23H21ClFN3O3S/c1-17-2-12-22(13-3-17)32(30,31)28(15-19-4-8-20(24)9-5-19)16-23(29)27-26-14-18-6-10-21(25)11-7-18/h2-14H,15-16H2,1H3,(H,27,29)/b26-14+. The van der Waals surface area contributed by atoms with Gasteiger partial charge in [-0.1, -0.05) is 53.6 Å². The molecule has 0 radical (unpaired) electrons. The summed E-state index contributed by atoms with van der Waals surface area (Å²) in [6, 6.07) is 18.6. The van der Waals surface area contributed by atoms with Gasteiger partial charge >= 0.3 is 0 Å². The molecule has 0 unspecified atom stereocenters. The minimum absolute atomic E-state index is 0.0253. The van der Waals surface area contributed by atoms with Crippen LogP contribution in [-0.2, 0) is 21.4 Å². The number of nitrogens with one attached hydrogen (secondary N) is 1. The molecule has 0 saturated heterocycles. The maximum Gasteiger partial charge on any atom is 0.255 e. The van der Waals surface area contributed by atoms with Crippen molar-refractivity contribution < 1.29 is 17.6 Å². The van der Waals surface area contributed by atoms with Gasteiger partial charge in [-0.3, -0.25) is 4.79 Å². The molecule has 0 spiro atoms. The van der Waals surface area contributed by atoms with Crippen molar-refractivity contribution in [2.24, 2.45) is 5.10 Å². The average Bonchev–Trinajstić information content (AvgIpc) is 2.76. The van der Waals surface area contributed by atoms with Crippen molar-refractivity contribution >= 4 is 33.7 Å². The first-order chi connectivity index (χ1) is 15.2. The van der Waals surface area contributed by atoms with Gasteiger partial charge in [0, 0.05) is 11.6 Å². The molecule has 3 rings (SSSR count). The molecular weight excluding hydrogens is 453 g/mol. The number of amides is 1. The minimum Gasteiger partial charge on any atom is -0.272 e. The smallest absolute Gasteiger partial charge is 0.255 e. The molecule has 1 N–H and O–H groups in total. The Morgan fingerprint density at radius 2 is 1.66 bits per heavy atom. The van der Waals surface area contributed by atoms with Gasteiger partial charge in [-0.05, 0) is 54.4 Å². The number of hydrogen-bond donors (Lipinski definition) is 1. The first-order valence-corrected chi connectivity index (χ1v) is 11.4. The van der Waals surface area contributed by atoms with Crippen LogP contribution in [0.5, 0.6) is 0 Å². The molecule has 0 bridgehead atoms. The van der Waals surface area contributed by atoms with Crippen LogP contribution in [0.15, 0.2) is 82.8 Å². The van der Waals surface area contributed by atoms with Gasteiger partial charge in [-0.25, -0.2) is 18.2 Å². The molecule has 9 heteroatoms. The number of aryl methyl sites for hydroxylation is 1. The molecule has 6 nitrogen and oxygen atoms in total. The van der Waals surface area contributed by atoms with E-state index in [0.717, 1.165) is 9.87 Å². The predicted molar refractivity (Wildman–Crippen MR) is 122 cm³/mol. The Hall–Kier alpha value is -3.07. The summed E-state index contributed by atoms with van der Waals surface area (Å²) >= 11 is 5.92. The van der Waals surface area contributed by atoms with Crippen molar-refractivity contribution in [3.8, 4) is 0 Å². The zero-order valence-electron chi connectivity index (χ0n) is 17.2. The molecule has 3 aromatic carbocycles. The Morgan fingerprint density at radius 3 is 2.28 bits per heavy atom. The zero-order valence-corrected chi connectivity index (χ0v) is 18.8. The predicted octanol–water partition coefficient (Wildman–Crippen LogP) is 4.13. The molecule has 1 amide bonds. The number of nitrogens with zero attached hydrogens (tertiary/aromatic N) is 2. The Kier molecular flexibility index (Phi) is 7.74. The van der Waals surface area contributed by atoms with Crippen LogP contribution in [0.25, 0.3) is 0 Å². The molecule has 0 fully saturated rings. The van der Waals surface area contributed by atoms with E-state index in [1.807, 2.05) is 6.92 Å². The lowest BCUT2D eigenvalue weighted by Crippen LogP contribution is -2.39. The van der Waals surface area contributed by atoms with E-state index in [1.54, 1.807) is 36.4 Å². The number of halogens is 2. The van der Waals surface area contributed by atoms with Gasteiger partial charge in [-0.2, -0.15) is 9.41 Å². The van der Waals surface area contributed by atoms with Crippen LogP contribution >= 0.6 is 11.6 Å². The van der Waals surface area contributed by atoms with Gasteiger partial charge < -0.3 is 0 Å². The topological polar surface area (TPSA) is 78.8 Å². The van der Waals surface area contributed by atoms with E-state index < -0.39 is 22.5 Å². The van der Waals surface area contributed by atoms with Crippen LogP contribution in [0, 0.1) is 12.7 Å². The molecule has 0 aliphatic heterocycles. The quantitative estimate of drug-likeness (QED) is 0.394. The summed E-state index contributed by atoms with van der Waals surface area (Å²) in [6.07, 6.45) is 1.34. The van der Waals surface area contributed by atoms with Crippen LogP contribution in [0.4, 0.5) is 4.39 Å². The third kappa shape index (κ3) is 6.46. The van der Waals surface area contributed by atoms with Crippen LogP contribution in [0.3, 0.4) is 0 Å². The highest BCUT2D eigenvalue weighted by Gasteiger charge is 2.27. The second-order valence-corrected chi connectivity index (χ2v) is 9.43. The first kappa shape index (κ1) is 23.6. The summed E-state index contributed by atoms with van der Waals surface area (Å²) in [6.45, 7) is 1.39. The number of hydrogen-bond acceptors (Lipinski definition) is 4. The van der Waals surface area contributed by atoms with Crippen LogP contribution in [0.2, 0.25) is 5.02 Å². The molecule has 0 aromatic heterocycles. The Labute approximate surface area is 191 Å². The highest BCUT2D eigenvalue weighted by molar-refractivity contribution is 7.89.